The van der Waals surface area contributed by atoms with Gasteiger partial charge in [0.05, 0.1) is 22.6 Å². The summed E-state index contributed by atoms with van der Waals surface area (Å²) in [6, 6.07) is 18.5. The summed E-state index contributed by atoms with van der Waals surface area (Å²) in [7, 11) is 0. The van der Waals surface area contributed by atoms with Gasteiger partial charge >= 0.3 is 0 Å². The largest absolute Gasteiger partial charge is 0.457 e. The summed E-state index contributed by atoms with van der Waals surface area (Å²) in [5.74, 6) is -0.801. The van der Waals surface area contributed by atoms with Gasteiger partial charge in [0.2, 0.25) is 17.7 Å². The number of hydrogen-bond donors (Lipinski definition) is 2. The molecular weight excluding hydrogens is 752 g/mol. The highest BCUT2D eigenvalue weighted by Gasteiger charge is 2.45. The Labute approximate surface area is 331 Å². The van der Waals surface area contributed by atoms with Gasteiger partial charge < -0.3 is 15.4 Å². The normalized spacial score (nSPS) is 17.3. The zero-order chi connectivity index (χ0) is 39.6. The first-order valence-corrected chi connectivity index (χ1v) is 19.9. The first-order chi connectivity index (χ1) is 27.7. The van der Waals surface area contributed by atoms with E-state index >= 15 is 4.39 Å². The van der Waals surface area contributed by atoms with E-state index in [1.54, 1.807) is 0 Å². The third-order valence-corrected chi connectivity index (χ3v) is 11.7. The van der Waals surface area contributed by atoms with E-state index in [1.165, 1.54) is 24.2 Å². The van der Waals surface area contributed by atoms with E-state index in [1.807, 2.05) is 64.2 Å². The van der Waals surface area contributed by atoms with Gasteiger partial charge in [0.1, 0.15) is 41.2 Å². The van der Waals surface area contributed by atoms with Gasteiger partial charge in [-0.2, -0.15) is 5.10 Å². The summed E-state index contributed by atoms with van der Waals surface area (Å²) in [6.45, 7) is 1.17. The van der Waals surface area contributed by atoms with Crippen LogP contribution in [0.3, 0.4) is 0 Å². The zero-order valence-corrected chi connectivity index (χ0v) is 31.7. The lowest BCUT2D eigenvalue weighted by molar-refractivity contribution is -0.136. The number of nitrogens with zero attached hydrogens (tertiary/aromatic N) is 6. The molecule has 2 saturated heterocycles. The lowest BCUT2D eigenvalue weighted by Gasteiger charge is -2.32. The summed E-state index contributed by atoms with van der Waals surface area (Å²) in [5.41, 5.74) is 8.51. The number of amides is 5. The van der Waals surface area contributed by atoms with Crippen LogP contribution in [0.1, 0.15) is 78.1 Å². The minimum Gasteiger partial charge on any atom is -0.457 e. The summed E-state index contributed by atoms with van der Waals surface area (Å²) < 4.78 is 22.9. The topological polar surface area (TPSA) is 183 Å². The number of imide groups is 2. The van der Waals surface area contributed by atoms with Gasteiger partial charge in [-0.15, -0.1) is 11.8 Å². The smallest absolute Gasteiger partial charge is 0.262 e. The first-order valence-electron chi connectivity index (χ1n) is 18.9. The van der Waals surface area contributed by atoms with Gasteiger partial charge in [0, 0.05) is 36.4 Å². The van der Waals surface area contributed by atoms with Crippen LogP contribution in [-0.4, -0.2) is 84.0 Å². The van der Waals surface area contributed by atoms with E-state index in [4.69, 9.17) is 15.6 Å². The molecule has 0 aliphatic carbocycles. The SMILES string of the molecule is Nc1ncnc2c1c(-c1ccc(Oc3ccccc3)cc1)nn2C1CCN(C(=O)CCCCCSc2cc3c(cc2F)C(=O)N(C2CCC(=O)NC2=O)C3=O)CC1. The van der Waals surface area contributed by atoms with Gasteiger partial charge in [-0.1, -0.05) is 24.6 Å². The van der Waals surface area contributed by atoms with Gasteiger partial charge in [-0.25, -0.2) is 19.0 Å². The molecule has 5 aromatic rings. The molecule has 0 radical (unpaired) electrons. The molecule has 3 aliphatic heterocycles. The summed E-state index contributed by atoms with van der Waals surface area (Å²) in [5, 5.41) is 7.83. The lowest BCUT2D eigenvalue weighted by Crippen LogP contribution is -2.54. The van der Waals surface area contributed by atoms with Crippen molar-refractivity contribution in [2.45, 2.75) is 68.3 Å². The predicted octanol–water partition coefficient (Wildman–Crippen LogP) is 5.92. The minimum atomic E-state index is -1.11. The number of nitrogens with two attached hydrogens (primary N) is 1. The van der Waals surface area contributed by atoms with Crippen LogP contribution in [-0.2, 0) is 14.4 Å². The van der Waals surface area contributed by atoms with E-state index in [9.17, 15) is 24.0 Å². The third kappa shape index (κ3) is 7.68. The number of benzene rings is 3. The Hall–Kier alpha value is -6.16. The third-order valence-electron chi connectivity index (χ3n) is 10.6. The number of anilines is 1. The van der Waals surface area contributed by atoms with Crippen molar-refractivity contribution in [1.29, 1.82) is 0 Å². The highest BCUT2D eigenvalue weighted by atomic mass is 32.2. The number of carbonyl (C=O) groups excluding carboxylic acids is 5. The van der Waals surface area contributed by atoms with Gasteiger partial charge in [-0.3, -0.25) is 34.2 Å². The number of fused-ring (bicyclic) bond motifs is 2. The van der Waals surface area contributed by atoms with Crippen molar-refractivity contribution in [3.05, 3.63) is 90.0 Å². The van der Waals surface area contributed by atoms with Crippen molar-refractivity contribution < 1.29 is 33.1 Å². The van der Waals surface area contributed by atoms with Gasteiger partial charge in [0.15, 0.2) is 5.65 Å². The van der Waals surface area contributed by atoms with Crippen molar-refractivity contribution in [3.63, 3.8) is 0 Å². The fourth-order valence-electron chi connectivity index (χ4n) is 7.59. The Kier molecular flexibility index (Phi) is 10.7. The number of nitrogen functional groups attached to an aromatic ring is 1. The minimum absolute atomic E-state index is 0.00442. The van der Waals surface area contributed by atoms with E-state index in [0.29, 0.717) is 79.2 Å². The number of hydrogen-bond acceptors (Lipinski definition) is 11. The lowest BCUT2D eigenvalue weighted by atomic mass is 10.0. The fraction of sp³-hybridized carbons (Fsp3) is 0.317. The molecule has 292 valence electrons. The molecular formula is C41H39FN8O6S. The zero-order valence-electron chi connectivity index (χ0n) is 30.9. The summed E-state index contributed by atoms with van der Waals surface area (Å²) in [4.78, 5) is 74.9. The molecule has 2 aromatic heterocycles. The van der Waals surface area contributed by atoms with Crippen LogP contribution < -0.4 is 15.8 Å². The number of halogens is 1. The Morgan fingerprint density at radius 2 is 1.61 bits per heavy atom. The molecule has 0 bridgehead atoms. The van der Waals surface area contributed by atoms with Crippen molar-refractivity contribution in [1.82, 2.24) is 34.9 Å². The van der Waals surface area contributed by atoms with Crippen LogP contribution in [0.15, 0.2) is 78.0 Å². The number of carbonyl (C=O) groups is 5. The molecule has 0 spiro atoms. The average molecular weight is 791 g/mol. The molecule has 3 N–H and O–H groups in total. The van der Waals surface area contributed by atoms with E-state index in [0.717, 1.165) is 28.7 Å². The Morgan fingerprint density at radius 3 is 2.35 bits per heavy atom. The van der Waals surface area contributed by atoms with Crippen molar-refractivity contribution >= 4 is 58.1 Å². The predicted molar refractivity (Wildman–Crippen MR) is 209 cm³/mol. The molecule has 1 unspecified atom stereocenters. The number of piperidine rings is 2. The average Bonchev–Trinajstić information content (AvgIpc) is 3.72. The van der Waals surface area contributed by atoms with Crippen LogP contribution >= 0.6 is 11.8 Å². The molecule has 5 amide bonds. The summed E-state index contributed by atoms with van der Waals surface area (Å²) in [6.07, 6.45) is 5.44. The Morgan fingerprint density at radius 1 is 0.895 bits per heavy atom. The van der Waals surface area contributed by atoms with Crippen molar-refractivity contribution in [2.24, 2.45) is 0 Å². The second kappa shape index (κ2) is 16.1. The molecule has 2 fully saturated rings. The molecule has 57 heavy (non-hydrogen) atoms. The van der Waals surface area contributed by atoms with Crippen molar-refractivity contribution in [2.75, 3.05) is 24.6 Å². The molecule has 3 aromatic carbocycles. The maximum atomic E-state index is 15.0. The maximum Gasteiger partial charge on any atom is 0.262 e. The second-order valence-corrected chi connectivity index (χ2v) is 15.4. The van der Waals surface area contributed by atoms with E-state index in [-0.39, 0.29) is 40.8 Å². The number of thioether (sulfide) groups is 1. The van der Waals surface area contributed by atoms with Crippen LogP contribution in [0.4, 0.5) is 10.2 Å². The van der Waals surface area contributed by atoms with E-state index in [2.05, 4.69) is 15.3 Å². The number of unbranched alkanes of at least 4 members (excludes halogenated alkanes) is 2. The number of aromatic nitrogens is 4. The second-order valence-electron chi connectivity index (χ2n) is 14.2. The number of nitrogens with one attached hydrogen (secondary N) is 1. The monoisotopic (exact) mass is 790 g/mol. The highest BCUT2D eigenvalue weighted by molar-refractivity contribution is 7.99. The number of likely N-dealkylation sites (tertiary alicyclic amines) is 1. The highest BCUT2D eigenvalue weighted by Crippen LogP contribution is 2.36. The van der Waals surface area contributed by atoms with Gasteiger partial charge in [0.25, 0.3) is 11.8 Å². The fourth-order valence-corrected chi connectivity index (χ4v) is 8.56. The molecule has 0 saturated carbocycles. The number of para-hydroxylation sites is 1. The maximum absolute atomic E-state index is 15.0. The Bertz CT molecular complexity index is 2380. The molecule has 1 atom stereocenters. The van der Waals surface area contributed by atoms with Crippen molar-refractivity contribution in [3.8, 4) is 22.8 Å². The molecule has 5 heterocycles. The van der Waals surface area contributed by atoms with Crippen LogP contribution in [0.5, 0.6) is 11.5 Å². The van der Waals surface area contributed by atoms with Gasteiger partial charge in [-0.05, 0) is 86.4 Å². The quantitative estimate of drug-likeness (QED) is 0.0869. The Balaban J connectivity index is 0.813. The molecule has 8 rings (SSSR count). The molecule has 3 aliphatic rings. The van der Waals surface area contributed by atoms with Crippen LogP contribution in [0, 0.1) is 5.82 Å². The number of rotatable bonds is 12. The molecule has 16 heteroatoms. The van der Waals surface area contributed by atoms with Crippen LogP contribution in [0.25, 0.3) is 22.3 Å². The van der Waals surface area contributed by atoms with E-state index < -0.39 is 35.5 Å². The van der Waals surface area contributed by atoms with Crippen LogP contribution in [0.2, 0.25) is 0 Å². The first kappa shape index (κ1) is 37.7. The standard InChI is InChI=1S/C41H39FN8O6S/c42-30-21-28-29(41(55)49(40(28)54)31-14-15-33(51)46-39(31)53)22-32(30)57-20-6-2-5-9-34(52)48-18-16-25(17-19-48)50-38-35(37(43)44-23-45-38)36(47-50)24-10-12-27(13-11-24)56-26-7-3-1-4-8-26/h1,3-4,7-8,10-13,21-23,25,31H,2,5-6,9,14-20H2,(H2,43,44,45)(H,46,51,53). The molecule has 14 nitrogen and oxygen atoms in total. The summed E-state index contributed by atoms with van der Waals surface area (Å²) >= 11 is 1.23. The number of ether oxygens (including phenoxy) is 1.